The highest BCUT2D eigenvalue weighted by Gasteiger charge is 2.18. The molecule has 0 fully saturated rings. The molecular weight excluding hydrogens is 252 g/mol. The van der Waals surface area contributed by atoms with Crippen LogP contribution in [-0.4, -0.2) is 11.8 Å². The molecule has 0 unspecified atom stereocenters. The summed E-state index contributed by atoms with van der Waals surface area (Å²) in [7, 11) is 0. The van der Waals surface area contributed by atoms with E-state index in [0.29, 0.717) is 12.0 Å². The third-order valence-corrected chi connectivity index (χ3v) is 3.65. The Balaban J connectivity index is 2.11. The summed E-state index contributed by atoms with van der Waals surface area (Å²) in [6.07, 6.45) is 0.427. The summed E-state index contributed by atoms with van der Waals surface area (Å²) in [5.41, 5.74) is 10.5. The molecule has 3 rings (SSSR count). The monoisotopic (exact) mass is 266 g/mol. The predicted octanol–water partition coefficient (Wildman–Crippen LogP) is 2.26. The van der Waals surface area contributed by atoms with Gasteiger partial charge in [0, 0.05) is 11.3 Å². The van der Waals surface area contributed by atoms with Gasteiger partial charge in [-0.25, -0.2) is 0 Å². The number of nitrogens with two attached hydrogens (primary N) is 1. The predicted molar refractivity (Wildman–Crippen MR) is 77.5 cm³/mol. The maximum atomic E-state index is 11.4. The number of hydrogen-bond acceptors (Lipinski definition) is 2. The maximum Gasteiger partial charge on any atom is 0.248 e. The van der Waals surface area contributed by atoms with Crippen LogP contribution >= 0.6 is 0 Å². The van der Waals surface area contributed by atoms with Gasteiger partial charge in [-0.05, 0) is 41.3 Å². The van der Waals surface area contributed by atoms with Crippen LogP contribution < -0.4 is 11.1 Å². The Labute approximate surface area is 116 Å². The van der Waals surface area contributed by atoms with E-state index in [1.54, 1.807) is 6.07 Å². The summed E-state index contributed by atoms with van der Waals surface area (Å²) < 4.78 is 0. The third-order valence-electron chi connectivity index (χ3n) is 3.65. The number of carbonyl (C=O) groups excluding carboxylic acids is 2. The highest BCUT2D eigenvalue weighted by molar-refractivity contribution is 6.00. The quantitative estimate of drug-likeness (QED) is 0.875. The molecule has 2 amide bonds. The van der Waals surface area contributed by atoms with Gasteiger partial charge >= 0.3 is 0 Å². The molecule has 0 aromatic heterocycles. The number of rotatable bonds is 2. The molecule has 0 saturated carbocycles. The molecule has 0 aliphatic carbocycles. The smallest absolute Gasteiger partial charge is 0.248 e. The van der Waals surface area contributed by atoms with E-state index in [2.05, 4.69) is 5.32 Å². The normalized spacial score (nSPS) is 12.9. The molecular formula is C16H14N2O2. The van der Waals surface area contributed by atoms with Gasteiger partial charge in [-0.15, -0.1) is 0 Å². The van der Waals surface area contributed by atoms with Crippen molar-refractivity contribution in [2.75, 3.05) is 5.32 Å². The second-order valence-corrected chi connectivity index (χ2v) is 4.94. The van der Waals surface area contributed by atoms with E-state index < -0.39 is 5.91 Å². The second-order valence-electron chi connectivity index (χ2n) is 4.94. The summed E-state index contributed by atoms with van der Waals surface area (Å²) >= 11 is 0. The fraction of sp³-hybridized carbons (Fsp3) is 0.125. The fourth-order valence-electron chi connectivity index (χ4n) is 2.60. The second kappa shape index (κ2) is 4.49. The van der Waals surface area contributed by atoms with E-state index in [1.165, 1.54) is 0 Å². The van der Waals surface area contributed by atoms with Crippen molar-refractivity contribution >= 4 is 17.5 Å². The zero-order chi connectivity index (χ0) is 14.3. The Bertz CT molecular complexity index is 735. The van der Waals surface area contributed by atoms with Crippen molar-refractivity contribution in [1.82, 2.24) is 0 Å². The van der Waals surface area contributed by atoms with E-state index in [9.17, 15) is 9.59 Å². The van der Waals surface area contributed by atoms with Crippen molar-refractivity contribution in [3.8, 4) is 11.1 Å². The van der Waals surface area contributed by atoms with E-state index >= 15 is 0 Å². The number of primary amides is 1. The van der Waals surface area contributed by atoms with Gasteiger partial charge in [-0.3, -0.25) is 9.59 Å². The molecule has 4 nitrogen and oxygen atoms in total. The summed E-state index contributed by atoms with van der Waals surface area (Å²) in [4.78, 5) is 22.8. The summed E-state index contributed by atoms with van der Waals surface area (Å²) in [6.45, 7) is 1.88. The first-order chi connectivity index (χ1) is 9.56. The first kappa shape index (κ1) is 12.4. The molecule has 0 radical (unpaired) electrons. The van der Waals surface area contributed by atoms with Gasteiger partial charge in [0.05, 0.1) is 6.42 Å². The number of benzene rings is 2. The number of nitrogens with one attached hydrogen (secondary N) is 1. The van der Waals surface area contributed by atoms with Gasteiger partial charge in [-0.2, -0.15) is 0 Å². The van der Waals surface area contributed by atoms with Gasteiger partial charge in [0.15, 0.2) is 0 Å². The first-order valence-electron chi connectivity index (χ1n) is 6.39. The minimum absolute atomic E-state index is 0.0137. The van der Waals surface area contributed by atoms with Crippen LogP contribution in [0.1, 0.15) is 21.5 Å². The number of anilines is 1. The van der Waals surface area contributed by atoms with Crippen LogP contribution in [0.15, 0.2) is 36.4 Å². The van der Waals surface area contributed by atoms with Crippen LogP contribution in [-0.2, 0) is 11.2 Å². The fourth-order valence-corrected chi connectivity index (χ4v) is 2.60. The number of hydrogen-bond donors (Lipinski definition) is 2. The van der Waals surface area contributed by atoms with Crippen molar-refractivity contribution < 1.29 is 9.59 Å². The number of carbonyl (C=O) groups is 2. The Morgan fingerprint density at radius 1 is 1.25 bits per heavy atom. The molecule has 4 heteroatoms. The van der Waals surface area contributed by atoms with E-state index in [4.69, 9.17) is 5.73 Å². The lowest BCUT2D eigenvalue weighted by molar-refractivity contribution is -0.115. The number of amides is 2. The molecule has 100 valence electrons. The molecule has 0 saturated heterocycles. The van der Waals surface area contributed by atoms with Crippen LogP contribution in [0.2, 0.25) is 0 Å². The Hall–Kier alpha value is -2.62. The molecule has 2 aromatic rings. The van der Waals surface area contributed by atoms with E-state index in [0.717, 1.165) is 27.9 Å². The number of fused-ring (bicyclic) bond motifs is 1. The average molecular weight is 266 g/mol. The maximum absolute atomic E-state index is 11.4. The van der Waals surface area contributed by atoms with Crippen LogP contribution in [0.25, 0.3) is 11.1 Å². The van der Waals surface area contributed by atoms with Gasteiger partial charge in [0.2, 0.25) is 11.8 Å². The zero-order valence-electron chi connectivity index (χ0n) is 11.1. The Morgan fingerprint density at radius 3 is 2.80 bits per heavy atom. The summed E-state index contributed by atoms with van der Waals surface area (Å²) in [5, 5.41) is 2.83. The summed E-state index contributed by atoms with van der Waals surface area (Å²) in [6, 6.07) is 11.3. The van der Waals surface area contributed by atoms with E-state index in [1.807, 2.05) is 37.3 Å². The van der Waals surface area contributed by atoms with Crippen LogP contribution in [0.3, 0.4) is 0 Å². The lowest BCUT2D eigenvalue weighted by atomic mass is 9.95. The van der Waals surface area contributed by atoms with E-state index in [-0.39, 0.29) is 5.91 Å². The van der Waals surface area contributed by atoms with Crippen LogP contribution in [0.5, 0.6) is 0 Å². The van der Waals surface area contributed by atoms with Crippen molar-refractivity contribution in [3.63, 3.8) is 0 Å². The highest BCUT2D eigenvalue weighted by Crippen LogP contribution is 2.31. The molecule has 0 bridgehead atoms. The first-order valence-corrected chi connectivity index (χ1v) is 6.39. The van der Waals surface area contributed by atoms with Crippen molar-refractivity contribution in [2.45, 2.75) is 13.3 Å². The molecule has 1 aliphatic heterocycles. The molecule has 2 aromatic carbocycles. The standard InChI is InChI=1S/C16H14N2O2/c1-9-12(3-2-4-13(9)16(17)20)10-5-6-11-8-15(19)18-14(11)7-10/h2-7H,8H2,1H3,(H2,17,20)(H,18,19). The van der Waals surface area contributed by atoms with Crippen LogP contribution in [0, 0.1) is 6.92 Å². The minimum atomic E-state index is -0.432. The molecule has 0 spiro atoms. The topological polar surface area (TPSA) is 72.2 Å². The molecule has 0 atom stereocenters. The van der Waals surface area contributed by atoms with Gasteiger partial charge in [-0.1, -0.05) is 24.3 Å². The molecule has 1 aliphatic rings. The van der Waals surface area contributed by atoms with Gasteiger partial charge in [0.1, 0.15) is 0 Å². The van der Waals surface area contributed by atoms with Crippen molar-refractivity contribution in [2.24, 2.45) is 5.73 Å². The highest BCUT2D eigenvalue weighted by atomic mass is 16.2. The van der Waals surface area contributed by atoms with Crippen LogP contribution in [0.4, 0.5) is 5.69 Å². The van der Waals surface area contributed by atoms with Crippen molar-refractivity contribution in [3.05, 3.63) is 53.1 Å². The minimum Gasteiger partial charge on any atom is -0.366 e. The lowest BCUT2D eigenvalue weighted by Gasteiger charge is -2.10. The van der Waals surface area contributed by atoms with Gasteiger partial charge in [0.25, 0.3) is 0 Å². The van der Waals surface area contributed by atoms with Gasteiger partial charge < -0.3 is 11.1 Å². The summed E-state index contributed by atoms with van der Waals surface area (Å²) in [5.74, 6) is -0.418. The molecule has 1 heterocycles. The lowest BCUT2D eigenvalue weighted by Crippen LogP contribution is -2.12. The zero-order valence-corrected chi connectivity index (χ0v) is 11.1. The SMILES string of the molecule is Cc1c(C(N)=O)cccc1-c1ccc2c(c1)NC(=O)C2. The third kappa shape index (κ3) is 1.95. The molecule has 3 N–H and O–H groups in total. The molecule has 20 heavy (non-hydrogen) atoms. The largest absolute Gasteiger partial charge is 0.366 e. The Kier molecular flexibility index (Phi) is 2.79. The van der Waals surface area contributed by atoms with Crippen molar-refractivity contribution in [1.29, 1.82) is 0 Å². The Morgan fingerprint density at radius 2 is 2.05 bits per heavy atom. The average Bonchev–Trinajstić information content (AvgIpc) is 2.77.